The van der Waals surface area contributed by atoms with Crippen LogP contribution in [0.3, 0.4) is 0 Å². The van der Waals surface area contributed by atoms with Gasteiger partial charge in [-0.05, 0) is 50.2 Å². The van der Waals surface area contributed by atoms with Crippen molar-refractivity contribution < 1.29 is 4.43 Å². The van der Waals surface area contributed by atoms with Crippen LogP contribution >= 0.6 is 0 Å². The summed E-state index contributed by atoms with van der Waals surface area (Å²) in [5.41, 5.74) is 3.41. The van der Waals surface area contributed by atoms with E-state index in [1.165, 1.54) is 12.0 Å². The van der Waals surface area contributed by atoms with Crippen molar-refractivity contribution in [1.82, 2.24) is 0 Å². The number of allylic oxidation sites excluding steroid dienone is 1. The van der Waals surface area contributed by atoms with Gasteiger partial charge in [0.2, 0.25) is 0 Å². The van der Waals surface area contributed by atoms with Crippen molar-refractivity contribution in [3.8, 4) is 0 Å². The zero-order valence-corrected chi connectivity index (χ0v) is 14.9. The van der Waals surface area contributed by atoms with E-state index < -0.39 is 8.32 Å². The minimum absolute atomic E-state index is 0.301. The van der Waals surface area contributed by atoms with Gasteiger partial charge in [0.1, 0.15) is 0 Å². The summed E-state index contributed by atoms with van der Waals surface area (Å²) in [6.07, 6.45) is 2.72. The van der Waals surface area contributed by atoms with E-state index in [2.05, 4.69) is 61.6 Å². The van der Waals surface area contributed by atoms with Crippen LogP contribution in [-0.4, -0.2) is 14.4 Å². The van der Waals surface area contributed by atoms with Gasteiger partial charge in [0.15, 0.2) is 8.32 Å². The lowest BCUT2D eigenvalue weighted by Crippen LogP contribution is -2.45. The monoisotopic (exact) mass is 268 g/mol. The minimum Gasteiger partial charge on any atom is -0.414 e. The summed E-state index contributed by atoms with van der Waals surface area (Å²) >= 11 is 0. The Morgan fingerprint density at radius 1 is 1.17 bits per heavy atom. The van der Waals surface area contributed by atoms with Crippen molar-refractivity contribution in [2.24, 2.45) is 5.41 Å². The van der Waals surface area contributed by atoms with E-state index in [0.717, 1.165) is 6.42 Å². The maximum Gasteiger partial charge on any atom is 0.192 e. The highest BCUT2D eigenvalue weighted by molar-refractivity contribution is 6.74. The van der Waals surface area contributed by atoms with Gasteiger partial charge < -0.3 is 4.43 Å². The number of hydrogen-bond donors (Lipinski definition) is 0. The average molecular weight is 269 g/mol. The molecule has 0 saturated heterocycles. The normalized spacial score (nSPS) is 25.5. The van der Waals surface area contributed by atoms with Gasteiger partial charge in [0.05, 0.1) is 0 Å². The van der Waals surface area contributed by atoms with Crippen molar-refractivity contribution in [1.29, 1.82) is 0 Å². The van der Waals surface area contributed by atoms with Crippen LogP contribution in [0.2, 0.25) is 18.1 Å². The molecule has 18 heavy (non-hydrogen) atoms. The van der Waals surface area contributed by atoms with Crippen LogP contribution < -0.4 is 0 Å². The van der Waals surface area contributed by atoms with E-state index in [9.17, 15) is 0 Å². The largest absolute Gasteiger partial charge is 0.414 e. The Morgan fingerprint density at radius 3 is 2.06 bits per heavy atom. The lowest BCUT2D eigenvalue weighted by molar-refractivity contribution is 0.122. The summed E-state index contributed by atoms with van der Waals surface area (Å²) in [5.74, 6) is 0. The van der Waals surface area contributed by atoms with Crippen LogP contribution in [-0.2, 0) is 4.43 Å². The van der Waals surface area contributed by atoms with E-state index in [1.54, 1.807) is 5.57 Å². The van der Waals surface area contributed by atoms with Crippen LogP contribution in [0.4, 0.5) is 0 Å². The quantitative estimate of drug-likeness (QED) is 0.472. The molecule has 2 heteroatoms. The molecule has 0 spiro atoms. The Hall–Kier alpha value is -0.0831. The highest BCUT2D eigenvalue weighted by Crippen LogP contribution is 2.44. The summed E-state index contributed by atoms with van der Waals surface area (Å²) in [4.78, 5) is 0. The van der Waals surface area contributed by atoms with Crippen LogP contribution in [0.25, 0.3) is 0 Å². The van der Waals surface area contributed by atoms with Crippen LogP contribution in [0.15, 0.2) is 11.1 Å². The summed E-state index contributed by atoms with van der Waals surface area (Å²) < 4.78 is 6.60. The maximum atomic E-state index is 6.60. The van der Waals surface area contributed by atoms with Gasteiger partial charge >= 0.3 is 0 Å². The van der Waals surface area contributed by atoms with Gasteiger partial charge in [0, 0.05) is 6.10 Å². The van der Waals surface area contributed by atoms with Gasteiger partial charge in [-0.25, -0.2) is 0 Å². The molecule has 0 fully saturated rings. The molecule has 1 atom stereocenters. The molecule has 0 bridgehead atoms. The molecule has 0 unspecified atom stereocenters. The van der Waals surface area contributed by atoms with Gasteiger partial charge in [-0.2, -0.15) is 0 Å². The fourth-order valence-electron chi connectivity index (χ4n) is 2.54. The first-order valence-corrected chi connectivity index (χ1v) is 10.1. The summed E-state index contributed by atoms with van der Waals surface area (Å²) in [5, 5.41) is 0.307. The second-order valence-electron chi connectivity index (χ2n) is 8.20. The van der Waals surface area contributed by atoms with Crippen molar-refractivity contribution in [3.63, 3.8) is 0 Å². The summed E-state index contributed by atoms with van der Waals surface area (Å²) in [6.45, 7) is 21.0. The molecular formula is C16H32OSi. The molecule has 1 aliphatic carbocycles. The molecule has 0 aromatic carbocycles. The molecule has 0 heterocycles. The fraction of sp³-hybridized carbons (Fsp3) is 0.875. The third-order valence-corrected chi connectivity index (χ3v) is 9.73. The highest BCUT2D eigenvalue weighted by atomic mass is 28.4. The molecule has 1 aliphatic rings. The molecule has 0 aromatic heterocycles. The molecule has 1 rings (SSSR count). The smallest absolute Gasteiger partial charge is 0.192 e. The van der Waals surface area contributed by atoms with Gasteiger partial charge in [-0.15, -0.1) is 0 Å². The third kappa shape index (κ3) is 3.27. The van der Waals surface area contributed by atoms with Crippen LogP contribution in [0, 0.1) is 5.41 Å². The molecule has 0 radical (unpaired) electrons. The Balaban J connectivity index is 2.85. The Kier molecular flexibility index (Phi) is 4.25. The molecule has 0 amide bonds. The van der Waals surface area contributed by atoms with Crippen LogP contribution in [0.1, 0.15) is 61.3 Å². The van der Waals surface area contributed by atoms with Gasteiger partial charge in [-0.1, -0.05) is 45.8 Å². The first-order valence-electron chi connectivity index (χ1n) is 7.21. The van der Waals surface area contributed by atoms with Crippen molar-refractivity contribution >= 4 is 8.32 Å². The van der Waals surface area contributed by atoms with Crippen molar-refractivity contribution in [2.45, 2.75) is 85.5 Å². The second-order valence-corrected chi connectivity index (χ2v) is 13.0. The SMILES string of the molecule is CC1=C(C)C(C)(C)C[C@H](O[Si](C)(C)C(C)(C)C)C1. The molecule has 106 valence electrons. The standard InChI is InChI=1S/C16H32OSi/c1-12-10-14(11-16(6,7)13(12)2)17-18(8,9)15(3,4)5/h14H,10-11H2,1-9H3/t14-/m1/s1. The fourth-order valence-corrected chi connectivity index (χ4v) is 3.90. The van der Waals surface area contributed by atoms with E-state index in [4.69, 9.17) is 4.43 Å². The first kappa shape index (κ1) is 16.0. The van der Waals surface area contributed by atoms with E-state index in [-0.39, 0.29) is 0 Å². The molecular weight excluding hydrogens is 236 g/mol. The first-order chi connectivity index (χ1) is 7.87. The van der Waals surface area contributed by atoms with Crippen molar-refractivity contribution in [3.05, 3.63) is 11.1 Å². The predicted molar refractivity (Wildman–Crippen MR) is 83.5 cm³/mol. The number of hydrogen-bond acceptors (Lipinski definition) is 1. The minimum atomic E-state index is -1.63. The van der Waals surface area contributed by atoms with E-state index in [1.807, 2.05) is 0 Å². The Labute approximate surface area is 115 Å². The van der Waals surface area contributed by atoms with E-state index in [0.29, 0.717) is 16.6 Å². The Bertz CT molecular complexity index is 345. The van der Waals surface area contributed by atoms with Gasteiger partial charge in [0.25, 0.3) is 0 Å². The molecule has 0 aliphatic heterocycles. The molecule has 0 aromatic rings. The molecule has 0 N–H and O–H groups in total. The molecule has 0 saturated carbocycles. The highest BCUT2D eigenvalue weighted by Gasteiger charge is 2.41. The predicted octanol–water partition coefficient (Wildman–Crippen LogP) is 5.53. The summed E-state index contributed by atoms with van der Waals surface area (Å²) in [6, 6.07) is 0. The zero-order chi connectivity index (χ0) is 14.4. The second kappa shape index (κ2) is 4.79. The van der Waals surface area contributed by atoms with Crippen LogP contribution in [0.5, 0.6) is 0 Å². The van der Waals surface area contributed by atoms with Crippen molar-refractivity contribution in [2.75, 3.05) is 0 Å². The number of rotatable bonds is 2. The van der Waals surface area contributed by atoms with E-state index >= 15 is 0 Å². The third-order valence-electron chi connectivity index (χ3n) is 5.19. The summed E-state index contributed by atoms with van der Waals surface area (Å²) in [7, 11) is -1.63. The zero-order valence-electron chi connectivity index (χ0n) is 13.9. The lowest BCUT2D eigenvalue weighted by Gasteiger charge is -2.44. The molecule has 1 nitrogen and oxygen atoms in total. The maximum absolute atomic E-state index is 6.60. The Morgan fingerprint density at radius 2 is 1.67 bits per heavy atom. The topological polar surface area (TPSA) is 9.23 Å². The lowest BCUT2D eigenvalue weighted by atomic mass is 9.72. The average Bonchev–Trinajstić information content (AvgIpc) is 2.10. The van der Waals surface area contributed by atoms with Gasteiger partial charge in [-0.3, -0.25) is 0 Å².